The molecule has 2 heterocycles. The van der Waals surface area contributed by atoms with Gasteiger partial charge in [0.25, 0.3) is 5.56 Å². The van der Waals surface area contributed by atoms with Gasteiger partial charge in [-0.1, -0.05) is 43.0 Å². The number of thioether (sulfide) groups is 1. The highest BCUT2D eigenvalue weighted by Gasteiger charge is 2.32. The summed E-state index contributed by atoms with van der Waals surface area (Å²) in [5, 5.41) is 3.46. The van der Waals surface area contributed by atoms with Gasteiger partial charge in [0.2, 0.25) is 5.91 Å². The van der Waals surface area contributed by atoms with Gasteiger partial charge < -0.3 is 14.6 Å². The monoisotopic (exact) mass is 453 g/mol. The second-order valence-electron chi connectivity index (χ2n) is 7.66. The topological polar surface area (TPSA) is 73.2 Å². The fourth-order valence-corrected chi connectivity index (χ4v) is 4.51. The van der Waals surface area contributed by atoms with Crippen LogP contribution >= 0.6 is 11.8 Å². The van der Waals surface area contributed by atoms with Crippen LogP contribution in [0.25, 0.3) is 0 Å². The van der Waals surface area contributed by atoms with Crippen LogP contribution < -0.4 is 15.6 Å². The van der Waals surface area contributed by atoms with E-state index in [1.54, 1.807) is 16.7 Å². The number of carbonyl (C=O) groups excluding carboxylic acids is 1. The molecule has 1 N–H and O–H groups in total. The lowest BCUT2D eigenvalue weighted by atomic mass is 9.87. The first-order valence-electron chi connectivity index (χ1n) is 10.5. The summed E-state index contributed by atoms with van der Waals surface area (Å²) in [4.78, 5) is 29.6. The molecule has 166 valence electrons. The van der Waals surface area contributed by atoms with E-state index in [1.807, 2.05) is 31.3 Å². The largest absolute Gasteiger partial charge is 0.489 e. The third kappa shape index (κ3) is 4.70. The van der Waals surface area contributed by atoms with Crippen LogP contribution in [0.3, 0.4) is 0 Å². The summed E-state index contributed by atoms with van der Waals surface area (Å²) in [7, 11) is 1.82. The Balaban J connectivity index is 1.58. The predicted octanol–water partition coefficient (Wildman–Crippen LogP) is 4.47. The van der Waals surface area contributed by atoms with Crippen molar-refractivity contribution in [2.24, 2.45) is 7.05 Å². The van der Waals surface area contributed by atoms with E-state index < -0.39 is 0 Å². The summed E-state index contributed by atoms with van der Waals surface area (Å²) >= 11 is 1.50. The maximum atomic E-state index is 13.0. The van der Waals surface area contributed by atoms with E-state index in [-0.39, 0.29) is 29.6 Å². The molecular formula is C24H24FN3O3S. The van der Waals surface area contributed by atoms with Crippen molar-refractivity contribution in [2.45, 2.75) is 37.4 Å². The number of anilines is 1. The number of nitrogens with one attached hydrogen (secondary N) is 1. The Bertz CT molecular complexity index is 1180. The number of ether oxygens (including phenoxy) is 1. The molecule has 6 nitrogen and oxygen atoms in total. The molecule has 1 aliphatic heterocycles. The number of aromatic nitrogens is 2. The normalized spacial score (nSPS) is 15.2. The number of halogens is 1. The zero-order chi connectivity index (χ0) is 22.7. The van der Waals surface area contributed by atoms with Crippen LogP contribution in [0.1, 0.15) is 42.4 Å². The molecule has 1 aromatic heterocycles. The molecule has 1 atom stereocenters. The third-order valence-electron chi connectivity index (χ3n) is 5.34. The van der Waals surface area contributed by atoms with Crippen molar-refractivity contribution in [3.05, 3.63) is 81.4 Å². The number of hydrogen-bond donors (Lipinski definition) is 1. The lowest BCUT2D eigenvalue weighted by Crippen LogP contribution is -2.33. The standard InChI is InChI=1S/C24H24FN3O3S/c1-3-12-32-24-27-23(30)21-19(13-20(29)26-22(21)28(24)2)16-6-10-18(11-7-16)31-14-15-4-8-17(25)9-5-15/h4-11,19H,3,12-14H2,1-2H3,(H,26,29). The Kier molecular flexibility index (Phi) is 6.60. The minimum Gasteiger partial charge on any atom is -0.489 e. The molecule has 3 aromatic rings. The Labute approximate surface area is 189 Å². The molecule has 8 heteroatoms. The van der Waals surface area contributed by atoms with Crippen molar-refractivity contribution in [1.29, 1.82) is 0 Å². The van der Waals surface area contributed by atoms with Crippen molar-refractivity contribution in [3.8, 4) is 5.75 Å². The molecule has 4 rings (SSSR count). The maximum absolute atomic E-state index is 13.0. The van der Waals surface area contributed by atoms with Crippen LogP contribution in [-0.2, 0) is 18.4 Å². The molecule has 0 saturated carbocycles. The number of carbonyl (C=O) groups is 1. The van der Waals surface area contributed by atoms with Gasteiger partial charge >= 0.3 is 0 Å². The van der Waals surface area contributed by atoms with Crippen molar-refractivity contribution >= 4 is 23.5 Å². The lowest BCUT2D eigenvalue weighted by molar-refractivity contribution is -0.116. The first-order chi connectivity index (χ1) is 15.5. The van der Waals surface area contributed by atoms with Crippen molar-refractivity contribution in [3.63, 3.8) is 0 Å². The highest BCUT2D eigenvalue weighted by atomic mass is 32.2. The lowest BCUT2D eigenvalue weighted by Gasteiger charge is -2.27. The molecule has 2 aromatic carbocycles. The van der Waals surface area contributed by atoms with Crippen LogP contribution in [0.5, 0.6) is 5.75 Å². The molecule has 0 fully saturated rings. The Morgan fingerprint density at radius 2 is 1.88 bits per heavy atom. The average molecular weight is 454 g/mol. The molecule has 0 aliphatic carbocycles. The van der Waals surface area contributed by atoms with E-state index in [0.717, 1.165) is 23.3 Å². The minimum atomic E-state index is -0.374. The van der Waals surface area contributed by atoms with Crippen LogP contribution in [0, 0.1) is 5.82 Å². The summed E-state index contributed by atoms with van der Waals surface area (Å²) in [6.45, 7) is 2.38. The predicted molar refractivity (Wildman–Crippen MR) is 123 cm³/mol. The van der Waals surface area contributed by atoms with Gasteiger partial charge in [-0.2, -0.15) is 4.98 Å². The second kappa shape index (κ2) is 9.56. The number of nitrogens with zero attached hydrogens (tertiary/aromatic N) is 2. The summed E-state index contributed by atoms with van der Waals surface area (Å²) in [6, 6.07) is 13.5. The second-order valence-corrected chi connectivity index (χ2v) is 8.72. The highest BCUT2D eigenvalue weighted by molar-refractivity contribution is 7.99. The zero-order valence-corrected chi connectivity index (χ0v) is 18.7. The van der Waals surface area contributed by atoms with E-state index >= 15 is 0 Å². The SMILES string of the molecule is CCCSc1nc(=O)c2c(n1C)NC(=O)CC2c1ccc(OCc2ccc(F)cc2)cc1. The quantitative estimate of drug-likeness (QED) is 0.422. The van der Waals surface area contributed by atoms with E-state index in [0.29, 0.717) is 28.9 Å². The number of amides is 1. The third-order valence-corrected chi connectivity index (χ3v) is 6.57. The Morgan fingerprint density at radius 1 is 1.16 bits per heavy atom. The Hall–Kier alpha value is -3.13. The van der Waals surface area contributed by atoms with Gasteiger partial charge in [-0.3, -0.25) is 9.59 Å². The first kappa shape index (κ1) is 22.1. The summed E-state index contributed by atoms with van der Waals surface area (Å²) < 4.78 is 20.6. The summed E-state index contributed by atoms with van der Waals surface area (Å²) in [5.41, 5.74) is 1.91. The van der Waals surface area contributed by atoms with Gasteiger partial charge in [0, 0.05) is 25.1 Å². The number of fused-ring (bicyclic) bond motifs is 1. The molecule has 0 bridgehead atoms. The van der Waals surface area contributed by atoms with Gasteiger partial charge in [-0.05, 0) is 41.8 Å². The van der Waals surface area contributed by atoms with Crippen LogP contribution in [0.4, 0.5) is 10.2 Å². The van der Waals surface area contributed by atoms with E-state index in [1.165, 1.54) is 23.9 Å². The number of hydrogen-bond acceptors (Lipinski definition) is 5. The molecule has 32 heavy (non-hydrogen) atoms. The first-order valence-corrected chi connectivity index (χ1v) is 11.5. The smallest absolute Gasteiger partial charge is 0.279 e. The van der Waals surface area contributed by atoms with Gasteiger partial charge in [0.1, 0.15) is 24.0 Å². The van der Waals surface area contributed by atoms with Crippen LogP contribution in [0.15, 0.2) is 58.5 Å². The molecule has 1 aliphatic rings. The molecule has 0 radical (unpaired) electrons. The van der Waals surface area contributed by atoms with Gasteiger partial charge in [-0.15, -0.1) is 0 Å². The van der Waals surface area contributed by atoms with Crippen LogP contribution in [-0.4, -0.2) is 21.2 Å². The molecule has 1 unspecified atom stereocenters. The fourth-order valence-electron chi connectivity index (χ4n) is 3.69. The summed E-state index contributed by atoms with van der Waals surface area (Å²) in [6.07, 6.45) is 1.14. The van der Waals surface area contributed by atoms with E-state index in [4.69, 9.17) is 4.74 Å². The van der Waals surface area contributed by atoms with Crippen LogP contribution in [0.2, 0.25) is 0 Å². The van der Waals surface area contributed by atoms with Crippen molar-refractivity contribution in [2.75, 3.05) is 11.1 Å². The average Bonchev–Trinajstić information content (AvgIpc) is 2.80. The molecule has 0 saturated heterocycles. The number of benzene rings is 2. The number of rotatable bonds is 7. The Morgan fingerprint density at radius 3 is 2.56 bits per heavy atom. The fraction of sp³-hybridized carbons (Fsp3) is 0.292. The van der Waals surface area contributed by atoms with Crippen molar-refractivity contribution < 1.29 is 13.9 Å². The van der Waals surface area contributed by atoms with Gasteiger partial charge in [0.15, 0.2) is 5.16 Å². The summed E-state index contributed by atoms with van der Waals surface area (Å²) in [5.74, 6) is 1.22. The van der Waals surface area contributed by atoms with Gasteiger partial charge in [0.05, 0.1) is 5.56 Å². The maximum Gasteiger partial charge on any atom is 0.279 e. The zero-order valence-electron chi connectivity index (χ0n) is 17.9. The highest BCUT2D eigenvalue weighted by Crippen LogP contribution is 2.36. The van der Waals surface area contributed by atoms with E-state index in [9.17, 15) is 14.0 Å². The molecule has 1 amide bonds. The van der Waals surface area contributed by atoms with Crippen molar-refractivity contribution in [1.82, 2.24) is 9.55 Å². The van der Waals surface area contributed by atoms with Gasteiger partial charge in [-0.25, -0.2) is 4.39 Å². The minimum absolute atomic E-state index is 0.133. The van der Waals surface area contributed by atoms with E-state index in [2.05, 4.69) is 17.2 Å². The molecular weight excluding hydrogens is 429 g/mol. The molecule has 0 spiro atoms.